The number of benzene rings is 2. The summed E-state index contributed by atoms with van der Waals surface area (Å²) in [6.45, 7) is 1.90. The molecule has 4 N–H and O–H groups in total. The number of amides is 2. The Bertz CT molecular complexity index is 1080. The van der Waals surface area contributed by atoms with Crippen molar-refractivity contribution >= 4 is 46.7 Å². The highest BCUT2D eigenvalue weighted by Crippen LogP contribution is 2.18. The van der Waals surface area contributed by atoms with E-state index in [0.717, 1.165) is 17.7 Å². The zero-order valence-electron chi connectivity index (χ0n) is 21.0. The molecule has 3 atom stereocenters. The highest BCUT2D eigenvalue weighted by Gasteiger charge is 2.30. The predicted octanol–water partition coefficient (Wildman–Crippen LogP) is 2.70. The number of halogens is 3. The molecule has 11 heteroatoms. The monoisotopic (exact) mass is 566 g/mol. The zero-order valence-corrected chi connectivity index (χ0v) is 22.5. The molecule has 1 fully saturated rings. The molecule has 0 bridgehead atoms. The van der Waals surface area contributed by atoms with E-state index in [9.17, 15) is 23.9 Å². The molecule has 38 heavy (non-hydrogen) atoms. The van der Waals surface area contributed by atoms with Crippen molar-refractivity contribution in [2.24, 2.45) is 0 Å². The molecule has 3 rings (SSSR count). The minimum absolute atomic E-state index is 0.0342. The van der Waals surface area contributed by atoms with Gasteiger partial charge in [-0.15, -0.1) is 23.2 Å². The number of carbonyl (C=O) groups excluding carboxylic acids is 2. The van der Waals surface area contributed by atoms with Gasteiger partial charge in [-0.2, -0.15) is 0 Å². The van der Waals surface area contributed by atoms with Crippen LogP contribution in [0.1, 0.15) is 24.0 Å². The fourth-order valence-electron chi connectivity index (χ4n) is 4.41. The first-order valence-electron chi connectivity index (χ1n) is 12.6. The first kappa shape index (κ1) is 29.7. The quantitative estimate of drug-likeness (QED) is 0.262. The number of hydrogen-bond donors (Lipinski definition) is 4. The van der Waals surface area contributed by atoms with Gasteiger partial charge in [-0.05, 0) is 54.8 Å². The summed E-state index contributed by atoms with van der Waals surface area (Å²) in [6, 6.07) is 10.3. The molecule has 3 unspecified atom stereocenters. The van der Waals surface area contributed by atoms with Gasteiger partial charge in [0.2, 0.25) is 11.8 Å². The van der Waals surface area contributed by atoms with Gasteiger partial charge in [0.05, 0.1) is 6.04 Å². The third kappa shape index (κ3) is 8.85. The number of carboxylic acid groups (broad SMARTS) is 1. The van der Waals surface area contributed by atoms with Crippen molar-refractivity contribution in [1.29, 1.82) is 0 Å². The van der Waals surface area contributed by atoms with Crippen molar-refractivity contribution < 1.29 is 23.9 Å². The molecule has 0 saturated carbocycles. The number of anilines is 1. The lowest BCUT2D eigenvalue weighted by molar-refractivity contribution is -0.142. The van der Waals surface area contributed by atoms with E-state index in [0.29, 0.717) is 43.4 Å². The SMILES string of the molecule is O=C(O)C(Cc1ccc(F)cc1)NC(=O)C(Cc1cccc(N(CCCl)CCCl)c1)NC(=O)C1CCCN1. The van der Waals surface area contributed by atoms with Crippen molar-refractivity contribution in [3.8, 4) is 0 Å². The maximum absolute atomic E-state index is 13.4. The van der Waals surface area contributed by atoms with Crippen LogP contribution in [0.3, 0.4) is 0 Å². The number of carboxylic acids is 1. The van der Waals surface area contributed by atoms with E-state index in [1.165, 1.54) is 24.3 Å². The van der Waals surface area contributed by atoms with Gasteiger partial charge >= 0.3 is 5.97 Å². The summed E-state index contributed by atoms with van der Waals surface area (Å²) in [5.41, 5.74) is 2.22. The molecule has 2 amide bonds. The average molecular weight is 567 g/mol. The molecule has 1 heterocycles. The normalized spacial score (nSPS) is 16.4. The van der Waals surface area contributed by atoms with Gasteiger partial charge in [0, 0.05) is 43.4 Å². The van der Waals surface area contributed by atoms with E-state index in [2.05, 4.69) is 16.0 Å². The fraction of sp³-hybridized carbons (Fsp3) is 0.444. The Morgan fingerprint density at radius 3 is 2.29 bits per heavy atom. The first-order chi connectivity index (χ1) is 18.3. The number of rotatable bonds is 14. The van der Waals surface area contributed by atoms with E-state index in [-0.39, 0.29) is 18.7 Å². The molecular formula is C27H33Cl2FN4O4. The maximum atomic E-state index is 13.4. The molecule has 2 aromatic rings. The van der Waals surface area contributed by atoms with Crippen molar-refractivity contribution in [2.75, 3.05) is 36.3 Å². The maximum Gasteiger partial charge on any atom is 0.326 e. The lowest BCUT2D eigenvalue weighted by Gasteiger charge is -2.25. The summed E-state index contributed by atoms with van der Waals surface area (Å²) in [6.07, 6.45) is 1.63. The Kier molecular flexibility index (Phi) is 11.6. The Morgan fingerprint density at radius 2 is 1.68 bits per heavy atom. The summed E-state index contributed by atoms with van der Waals surface area (Å²) in [7, 11) is 0. The van der Waals surface area contributed by atoms with Crippen LogP contribution in [0.15, 0.2) is 48.5 Å². The van der Waals surface area contributed by atoms with Crippen LogP contribution in [0.2, 0.25) is 0 Å². The molecule has 0 spiro atoms. The lowest BCUT2D eigenvalue weighted by atomic mass is 10.0. The van der Waals surface area contributed by atoms with Gasteiger partial charge in [0.15, 0.2) is 0 Å². The van der Waals surface area contributed by atoms with Crippen LogP contribution in [-0.4, -0.2) is 72.4 Å². The van der Waals surface area contributed by atoms with Gasteiger partial charge in [-0.1, -0.05) is 24.3 Å². The van der Waals surface area contributed by atoms with Gasteiger partial charge in [0.1, 0.15) is 17.9 Å². The van der Waals surface area contributed by atoms with Crippen molar-refractivity contribution in [2.45, 2.75) is 43.8 Å². The van der Waals surface area contributed by atoms with Gasteiger partial charge in [-0.3, -0.25) is 9.59 Å². The Balaban J connectivity index is 1.79. The second-order valence-corrected chi connectivity index (χ2v) is 9.94. The number of carbonyl (C=O) groups is 3. The van der Waals surface area contributed by atoms with Crippen LogP contribution in [-0.2, 0) is 27.2 Å². The summed E-state index contributed by atoms with van der Waals surface area (Å²) in [4.78, 5) is 40.2. The molecule has 1 saturated heterocycles. The molecular weight excluding hydrogens is 534 g/mol. The van der Waals surface area contributed by atoms with E-state index >= 15 is 0 Å². The van der Waals surface area contributed by atoms with Gasteiger partial charge in [-0.25, -0.2) is 9.18 Å². The zero-order chi connectivity index (χ0) is 27.5. The summed E-state index contributed by atoms with van der Waals surface area (Å²) in [5.74, 6) is -1.76. The molecule has 1 aliphatic rings. The first-order valence-corrected chi connectivity index (χ1v) is 13.6. The van der Waals surface area contributed by atoms with E-state index in [1.807, 2.05) is 29.2 Å². The highest BCUT2D eigenvalue weighted by atomic mass is 35.5. The number of alkyl halides is 2. The topological polar surface area (TPSA) is 111 Å². The summed E-state index contributed by atoms with van der Waals surface area (Å²) in [5, 5.41) is 18.2. The van der Waals surface area contributed by atoms with Crippen molar-refractivity contribution in [3.05, 3.63) is 65.5 Å². The molecule has 0 radical (unpaired) electrons. The average Bonchev–Trinajstić information content (AvgIpc) is 3.44. The largest absolute Gasteiger partial charge is 0.480 e. The molecule has 8 nitrogen and oxygen atoms in total. The van der Waals surface area contributed by atoms with Gasteiger partial charge in [0.25, 0.3) is 0 Å². The number of hydrogen-bond acceptors (Lipinski definition) is 5. The van der Waals surface area contributed by atoms with Gasteiger partial charge < -0.3 is 26.0 Å². The van der Waals surface area contributed by atoms with Crippen molar-refractivity contribution in [3.63, 3.8) is 0 Å². The predicted molar refractivity (Wildman–Crippen MR) is 146 cm³/mol. The van der Waals surface area contributed by atoms with Crippen LogP contribution in [0, 0.1) is 5.82 Å². The Labute approximate surface area is 231 Å². The van der Waals surface area contributed by atoms with Crippen LogP contribution < -0.4 is 20.9 Å². The highest BCUT2D eigenvalue weighted by molar-refractivity contribution is 6.18. The van der Waals surface area contributed by atoms with Crippen LogP contribution in [0.4, 0.5) is 10.1 Å². The second kappa shape index (κ2) is 14.9. The Hall–Kier alpha value is -2.88. The summed E-state index contributed by atoms with van der Waals surface area (Å²) < 4.78 is 13.3. The molecule has 206 valence electrons. The van der Waals surface area contributed by atoms with Crippen LogP contribution in [0.5, 0.6) is 0 Å². The molecule has 1 aliphatic heterocycles. The molecule has 0 aliphatic carbocycles. The number of aliphatic carboxylic acids is 1. The third-order valence-corrected chi connectivity index (χ3v) is 6.74. The smallest absolute Gasteiger partial charge is 0.326 e. The van der Waals surface area contributed by atoms with E-state index < -0.39 is 35.8 Å². The number of nitrogens with zero attached hydrogens (tertiary/aromatic N) is 1. The Morgan fingerprint density at radius 1 is 1.00 bits per heavy atom. The van der Waals surface area contributed by atoms with Crippen LogP contribution in [0.25, 0.3) is 0 Å². The van der Waals surface area contributed by atoms with E-state index in [1.54, 1.807) is 0 Å². The van der Waals surface area contributed by atoms with E-state index in [4.69, 9.17) is 23.2 Å². The number of nitrogens with one attached hydrogen (secondary N) is 3. The standard InChI is InChI=1S/C27H33Cl2FN4O4/c28-10-13-34(14-11-29)21-4-1-3-19(15-21)17-23(32-25(35)22-5-2-12-31-22)26(36)33-24(27(37)38)16-18-6-8-20(30)9-7-18/h1,3-4,6-9,15,22-24,31H,2,5,10-14,16-17H2,(H,32,35)(H,33,36)(H,37,38). The third-order valence-electron chi connectivity index (χ3n) is 6.40. The molecule has 2 aromatic carbocycles. The summed E-state index contributed by atoms with van der Waals surface area (Å²) >= 11 is 11.9. The van der Waals surface area contributed by atoms with Crippen molar-refractivity contribution in [1.82, 2.24) is 16.0 Å². The minimum atomic E-state index is -1.26. The van der Waals surface area contributed by atoms with Crippen LogP contribution >= 0.6 is 23.2 Å². The fourth-order valence-corrected chi connectivity index (χ4v) is 4.82. The molecule has 0 aromatic heterocycles. The lowest BCUT2D eigenvalue weighted by Crippen LogP contribution is -2.55. The second-order valence-electron chi connectivity index (χ2n) is 9.18. The minimum Gasteiger partial charge on any atom is -0.480 e.